The molecule has 132 valence electrons. The van der Waals surface area contributed by atoms with E-state index in [9.17, 15) is 9.90 Å². The highest BCUT2D eigenvalue weighted by molar-refractivity contribution is 5.96. The van der Waals surface area contributed by atoms with Crippen LogP contribution in [-0.2, 0) is 11.2 Å². The summed E-state index contributed by atoms with van der Waals surface area (Å²) in [6, 6.07) is 11.3. The van der Waals surface area contributed by atoms with Gasteiger partial charge in [-0.25, -0.2) is 0 Å². The largest absolute Gasteiger partial charge is 0.493 e. The van der Waals surface area contributed by atoms with Crippen molar-refractivity contribution in [1.82, 2.24) is 0 Å². The van der Waals surface area contributed by atoms with Crippen LogP contribution in [0.15, 0.2) is 36.4 Å². The third-order valence-corrected chi connectivity index (χ3v) is 4.56. The first-order valence-corrected chi connectivity index (χ1v) is 8.33. The minimum Gasteiger partial charge on any atom is -0.493 e. The Bertz CT molecular complexity index is 787. The van der Waals surface area contributed by atoms with E-state index in [-0.39, 0.29) is 12.3 Å². The number of aliphatic hydroxyl groups is 1. The van der Waals surface area contributed by atoms with Crippen molar-refractivity contribution in [2.24, 2.45) is 0 Å². The Labute approximate surface area is 147 Å². The van der Waals surface area contributed by atoms with Crippen molar-refractivity contribution >= 4 is 11.6 Å². The molecule has 1 aliphatic heterocycles. The van der Waals surface area contributed by atoms with E-state index in [1.807, 2.05) is 37.3 Å². The van der Waals surface area contributed by atoms with Crippen LogP contribution in [0.4, 0.5) is 5.69 Å². The molecule has 1 N–H and O–H groups in total. The third kappa shape index (κ3) is 3.46. The van der Waals surface area contributed by atoms with E-state index in [1.165, 1.54) is 0 Å². The van der Waals surface area contributed by atoms with E-state index < -0.39 is 6.10 Å². The highest BCUT2D eigenvalue weighted by Gasteiger charge is 2.27. The van der Waals surface area contributed by atoms with Gasteiger partial charge in [0.2, 0.25) is 5.91 Å². The number of amides is 1. The van der Waals surface area contributed by atoms with Crippen molar-refractivity contribution in [2.45, 2.75) is 25.9 Å². The summed E-state index contributed by atoms with van der Waals surface area (Å²) in [5.74, 6) is 1.25. The van der Waals surface area contributed by atoms with Gasteiger partial charge in [0.15, 0.2) is 11.5 Å². The molecule has 0 aromatic heterocycles. The predicted octanol–water partition coefficient (Wildman–Crippen LogP) is 3.03. The Balaban J connectivity index is 1.84. The van der Waals surface area contributed by atoms with Crippen molar-refractivity contribution in [3.63, 3.8) is 0 Å². The molecule has 1 aliphatic rings. The molecule has 0 saturated heterocycles. The zero-order chi connectivity index (χ0) is 18.0. The van der Waals surface area contributed by atoms with Crippen LogP contribution in [-0.4, -0.2) is 31.8 Å². The summed E-state index contributed by atoms with van der Waals surface area (Å²) in [6.45, 7) is 2.50. The van der Waals surface area contributed by atoms with Gasteiger partial charge in [-0.1, -0.05) is 23.8 Å². The lowest BCUT2D eigenvalue weighted by Crippen LogP contribution is -2.37. The van der Waals surface area contributed by atoms with E-state index in [1.54, 1.807) is 25.2 Å². The molecule has 1 heterocycles. The lowest BCUT2D eigenvalue weighted by molar-refractivity contribution is -0.118. The number of carbonyl (C=O) groups excluding carboxylic acids is 1. The van der Waals surface area contributed by atoms with Gasteiger partial charge in [0.25, 0.3) is 0 Å². The molecule has 2 aromatic rings. The first kappa shape index (κ1) is 17.3. The number of aryl methyl sites for hydroxylation is 1. The quantitative estimate of drug-likeness (QED) is 0.929. The number of carbonyl (C=O) groups is 1. The number of aliphatic hydroxyl groups excluding tert-OH is 1. The van der Waals surface area contributed by atoms with Gasteiger partial charge >= 0.3 is 0 Å². The van der Waals surface area contributed by atoms with E-state index in [0.29, 0.717) is 24.5 Å². The molecule has 0 bridgehead atoms. The molecule has 2 aromatic carbocycles. The van der Waals surface area contributed by atoms with Gasteiger partial charge in [-0.2, -0.15) is 0 Å². The Morgan fingerprint density at radius 3 is 2.64 bits per heavy atom. The number of anilines is 1. The highest BCUT2D eigenvalue weighted by atomic mass is 16.5. The van der Waals surface area contributed by atoms with Crippen LogP contribution in [0.1, 0.15) is 29.2 Å². The summed E-state index contributed by atoms with van der Waals surface area (Å²) >= 11 is 0. The molecular weight excluding hydrogens is 318 g/mol. The second-order valence-electron chi connectivity index (χ2n) is 6.28. The highest BCUT2D eigenvalue weighted by Crippen LogP contribution is 2.35. The fourth-order valence-corrected chi connectivity index (χ4v) is 3.23. The molecule has 25 heavy (non-hydrogen) atoms. The van der Waals surface area contributed by atoms with Crippen molar-refractivity contribution in [3.8, 4) is 11.5 Å². The monoisotopic (exact) mass is 341 g/mol. The lowest BCUT2D eigenvalue weighted by atomic mass is 9.96. The van der Waals surface area contributed by atoms with E-state index in [4.69, 9.17) is 9.47 Å². The van der Waals surface area contributed by atoms with Gasteiger partial charge in [-0.15, -0.1) is 0 Å². The Morgan fingerprint density at radius 2 is 1.92 bits per heavy atom. The number of ether oxygens (including phenoxy) is 2. The molecule has 0 spiro atoms. The molecule has 0 fully saturated rings. The maximum absolute atomic E-state index is 12.8. The minimum absolute atomic E-state index is 0.00391. The third-order valence-electron chi connectivity index (χ3n) is 4.56. The van der Waals surface area contributed by atoms with Crippen LogP contribution in [0.3, 0.4) is 0 Å². The van der Waals surface area contributed by atoms with Gasteiger partial charge < -0.3 is 19.5 Å². The van der Waals surface area contributed by atoms with Crippen LogP contribution in [0, 0.1) is 6.92 Å². The molecule has 1 unspecified atom stereocenters. The normalized spacial score (nSPS) is 16.3. The summed E-state index contributed by atoms with van der Waals surface area (Å²) in [4.78, 5) is 14.6. The van der Waals surface area contributed by atoms with Crippen LogP contribution in [0.5, 0.6) is 11.5 Å². The molecule has 5 nitrogen and oxygen atoms in total. The summed E-state index contributed by atoms with van der Waals surface area (Å²) in [7, 11) is 3.16. The summed E-state index contributed by atoms with van der Waals surface area (Å²) in [5, 5.41) is 10.2. The smallest absolute Gasteiger partial charge is 0.231 e. The minimum atomic E-state index is -0.514. The fraction of sp³-hybridized carbons (Fsp3) is 0.350. The molecule has 1 atom stereocenters. The van der Waals surface area contributed by atoms with Crippen LogP contribution in [0.25, 0.3) is 0 Å². The number of benzene rings is 2. The number of hydrogen-bond acceptors (Lipinski definition) is 4. The van der Waals surface area contributed by atoms with Gasteiger partial charge in [0.1, 0.15) is 0 Å². The topological polar surface area (TPSA) is 59.0 Å². The van der Waals surface area contributed by atoms with Crippen LogP contribution < -0.4 is 14.4 Å². The summed E-state index contributed by atoms with van der Waals surface area (Å²) in [6.07, 6.45) is 0.303. The number of rotatable bonds is 4. The number of fused-ring (bicyclic) bond motifs is 1. The van der Waals surface area contributed by atoms with Crippen molar-refractivity contribution in [2.75, 3.05) is 25.7 Å². The SMILES string of the molecule is COc1ccc(CC(=O)N2CCC(O)c3cc(C)ccc32)cc1OC. The molecule has 5 heteroatoms. The van der Waals surface area contributed by atoms with Crippen molar-refractivity contribution < 1.29 is 19.4 Å². The Kier molecular flexibility index (Phi) is 4.95. The first-order valence-electron chi connectivity index (χ1n) is 8.33. The fourth-order valence-electron chi connectivity index (χ4n) is 3.23. The van der Waals surface area contributed by atoms with Gasteiger partial charge in [-0.3, -0.25) is 4.79 Å². The predicted molar refractivity (Wildman–Crippen MR) is 96.4 cm³/mol. The molecule has 3 rings (SSSR count). The second kappa shape index (κ2) is 7.15. The summed E-state index contributed by atoms with van der Waals surface area (Å²) in [5.41, 5.74) is 3.57. The first-order chi connectivity index (χ1) is 12.0. The number of methoxy groups -OCH3 is 2. The molecule has 0 radical (unpaired) electrons. The van der Waals surface area contributed by atoms with E-state index in [0.717, 1.165) is 22.4 Å². The van der Waals surface area contributed by atoms with Crippen molar-refractivity contribution in [1.29, 1.82) is 0 Å². The average Bonchev–Trinajstić information content (AvgIpc) is 2.62. The van der Waals surface area contributed by atoms with Crippen LogP contribution in [0.2, 0.25) is 0 Å². The van der Waals surface area contributed by atoms with Crippen molar-refractivity contribution in [3.05, 3.63) is 53.1 Å². The molecule has 1 amide bonds. The van der Waals surface area contributed by atoms with Crippen LogP contribution >= 0.6 is 0 Å². The Hall–Kier alpha value is -2.53. The van der Waals surface area contributed by atoms with E-state index >= 15 is 0 Å². The Morgan fingerprint density at radius 1 is 1.16 bits per heavy atom. The standard InChI is InChI=1S/C20H23NO4/c1-13-4-6-16-15(10-13)17(22)8-9-21(16)20(23)12-14-5-7-18(24-2)19(11-14)25-3/h4-7,10-11,17,22H,8-9,12H2,1-3H3. The molecular formula is C20H23NO4. The molecule has 0 saturated carbocycles. The zero-order valence-corrected chi connectivity index (χ0v) is 14.8. The molecule has 0 aliphatic carbocycles. The number of nitrogens with zero attached hydrogens (tertiary/aromatic N) is 1. The second-order valence-corrected chi connectivity index (χ2v) is 6.28. The number of hydrogen-bond donors (Lipinski definition) is 1. The lowest BCUT2D eigenvalue weighted by Gasteiger charge is -2.32. The summed E-state index contributed by atoms with van der Waals surface area (Å²) < 4.78 is 10.5. The van der Waals surface area contributed by atoms with Gasteiger partial charge in [0.05, 0.1) is 26.7 Å². The maximum atomic E-state index is 12.8. The average molecular weight is 341 g/mol. The van der Waals surface area contributed by atoms with E-state index in [2.05, 4.69) is 0 Å². The van der Waals surface area contributed by atoms with Gasteiger partial charge in [-0.05, 0) is 37.1 Å². The maximum Gasteiger partial charge on any atom is 0.231 e. The zero-order valence-electron chi connectivity index (χ0n) is 14.8. The van der Waals surface area contributed by atoms with Gasteiger partial charge in [0, 0.05) is 17.8 Å².